The van der Waals surface area contributed by atoms with Crippen LogP contribution in [0.2, 0.25) is 0 Å². The molecule has 0 fully saturated rings. The van der Waals surface area contributed by atoms with Crippen molar-refractivity contribution in [1.29, 1.82) is 0 Å². The first-order chi connectivity index (χ1) is 3.94. The van der Waals surface area contributed by atoms with Crippen LogP contribution in [0.15, 0.2) is 0 Å². The van der Waals surface area contributed by atoms with E-state index in [1.165, 1.54) is 0 Å². The van der Waals surface area contributed by atoms with Crippen molar-refractivity contribution in [3.05, 3.63) is 0 Å². The Balaban J connectivity index is 0. The van der Waals surface area contributed by atoms with E-state index in [-0.39, 0.29) is 18.8 Å². The first-order valence-corrected chi connectivity index (χ1v) is 3.57. The van der Waals surface area contributed by atoms with Crippen LogP contribution in [-0.2, 0) is 23.6 Å². The molecule has 0 aromatic carbocycles. The Morgan fingerprint density at radius 2 is 1.56 bits per heavy atom. The van der Waals surface area contributed by atoms with Crippen LogP contribution in [-0.4, -0.2) is 11.1 Å². The maximum absolute atomic E-state index is 10.0. The van der Waals surface area contributed by atoms with Crippen LogP contribution in [0.5, 0.6) is 0 Å². The van der Waals surface area contributed by atoms with Gasteiger partial charge in [0.25, 0.3) is 0 Å². The molecule has 0 aliphatic rings. The first kappa shape index (κ1) is 11.8. The summed E-state index contributed by atoms with van der Waals surface area (Å²) in [5.41, 5.74) is -0.583. The van der Waals surface area contributed by atoms with E-state index in [2.05, 4.69) is 0 Å². The summed E-state index contributed by atoms with van der Waals surface area (Å²) in [6.07, 6.45) is 0. The summed E-state index contributed by atoms with van der Waals surface area (Å²) >= 11 is -0.125. The number of hydrogen-bond acceptors (Lipinski definition) is 1. The van der Waals surface area contributed by atoms with Crippen LogP contribution in [0, 0.1) is 5.41 Å². The topological polar surface area (TPSA) is 37.3 Å². The Hall–Kier alpha value is 0.0234. The minimum atomic E-state index is -0.757. The standard InChI is InChI=1S/C5H10O2.FH.Zn/c1-5(2,3)4(6)7;;/h1-3H3,(H,6,7);1H;/q;;+1/p-1. The second kappa shape index (κ2) is 4.86. The van der Waals surface area contributed by atoms with Gasteiger partial charge in [-0.2, -0.15) is 0 Å². The van der Waals surface area contributed by atoms with Crippen molar-refractivity contribution in [3.8, 4) is 0 Å². The summed E-state index contributed by atoms with van der Waals surface area (Å²) in [6, 6.07) is 0. The van der Waals surface area contributed by atoms with Crippen LogP contribution >= 0.6 is 0 Å². The maximum atomic E-state index is 10.0. The van der Waals surface area contributed by atoms with E-state index in [0.29, 0.717) is 0 Å². The number of carboxylic acid groups (broad SMARTS) is 1. The van der Waals surface area contributed by atoms with Gasteiger partial charge in [-0.25, -0.2) is 0 Å². The molecule has 0 spiro atoms. The summed E-state index contributed by atoms with van der Waals surface area (Å²) < 4.78 is 9.62. The van der Waals surface area contributed by atoms with Crippen molar-refractivity contribution in [2.75, 3.05) is 0 Å². The molecule has 0 saturated heterocycles. The van der Waals surface area contributed by atoms with Gasteiger partial charge in [0.2, 0.25) is 0 Å². The fraction of sp³-hybridized carbons (Fsp3) is 0.800. The quantitative estimate of drug-likeness (QED) is 0.583. The van der Waals surface area contributed by atoms with E-state index >= 15 is 0 Å². The molecule has 2 nitrogen and oxygen atoms in total. The van der Waals surface area contributed by atoms with Crippen LogP contribution < -0.4 is 0 Å². The van der Waals surface area contributed by atoms with Gasteiger partial charge < -0.3 is 5.11 Å². The van der Waals surface area contributed by atoms with Crippen LogP contribution in [0.25, 0.3) is 0 Å². The van der Waals surface area contributed by atoms with Gasteiger partial charge in [0.05, 0.1) is 5.41 Å². The normalized spacial score (nSPS) is 9.56. The molecule has 0 unspecified atom stereocenters. The third-order valence-corrected chi connectivity index (χ3v) is 0.642. The average Bonchev–Trinajstić information content (AvgIpc) is 1.69. The Morgan fingerprint density at radius 3 is 1.56 bits per heavy atom. The zero-order chi connectivity index (χ0) is 8.08. The van der Waals surface area contributed by atoms with Gasteiger partial charge in [-0.05, 0) is 20.8 Å². The zero-order valence-electron chi connectivity index (χ0n) is 5.94. The van der Waals surface area contributed by atoms with E-state index in [4.69, 9.17) is 5.11 Å². The van der Waals surface area contributed by atoms with Crippen molar-refractivity contribution in [3.63, 3.8) is 0 Å². The van der Waals surface area contributed by atoms with Gasteiger partial charge in [0.1, 0.15) is 0 Å². The number of hydrogen-bond donors (Lipinski definition) is 1. The van der Waals surface area contributed by atoms with E-state index < -0.39 is 11.4 Å². The molecule has 0 saturated carbocycles. The van der Waals surface area contributed by atoms with Gasteiger partial charge in [-0.3, -0.25) is 4.79 Å². The molecular weight excluding hydrogens is 176 g/mol. The number of carbonyl (C=O) groups is 1. The summed E-state index contributed by atoms with van der Waals surface area (Å²) in [4.78, 5) is 10.0. The molecule has 0 radical (unpaired) electrons. The summed E-state index contributed by atoms with van der Waals surface area (Å²) in [5.74, 6) is -0.757. The molecule has 0 atom stereocenters. The summed E-state index contributed by atoms with van der Waals surface area (Å²) in [5, 5.41) is 8.25. The second-order valence-corrected chi connectivity index (χ2v) is 2.56. The van der Waals surface area contributed by atoms with E-state index in [1.54, 1.807) is 20.8 Å². The first-order valence-electron chi connectivity index (χ1n) is 2.44. The molecule has 0 heterocycles. The molecular formula is C5H10FO2Zn. The Kier molecular flexibility index (Phi) is 6.36. The van der Waals surface area contributed by atoms with E-state index in [0.717, 1.165) is 0 Å². The van der Waals surface area contributed by atoms with Crippen molar-refractivity contribution < 1.29 is 32.0 Å². The predicted molar refractivity (Wildman–Crippen MR) is 28.2 cm³/mol. The van der Waals surface area contributed by atoms with Gasteiger partial charge in [0.15, 0.2) is 0 Å². The van der Waals surface area contributed by atoms with Crippen LogP contribution in [0.3, 0.4) is 0 Å². The molecule has 0 rings (SSSR count). The summed E-state index contributed by atoms with van der Waals surface area (Å²) in [6.45, 7) is 4.99. The molecule has 0 aliphatic heterocycles. The fourth-order valence-corrected chi connectivity index (χ4v) is 0. The van der Waals surface area contributed by atoms with Crippen LogP contribution in [0.4, 0.5) is 3.32 Å². The molecule has 0 aromatic heterocycles. The Bertz CT molecular complexity index is 87.4. The van der Waals surface area contributed by atoms with Gasteiger partial charge in [-0.15, -0.1) is 0 Å². The van der Waals surface area contributed by atoms with Crippen molar-refractivity contribution in [2.45, 2.75) is 20.8 Å². The molecule has 0 aromatic rings. The van der Waals surface area contributed by atoms with Gasteiger partial charge >= 0.3 is 28.1 Å². The molecule has 1 N–H and O–H groups in total. The van der Waals surface area contributed by atoms with Crippen molar-refractivity contribution in [2.24, 2.45) is 5.41 Å². The molecule has 0 amide bonds. The SMILES string of the molecule is CC(C)(C)C(=O)O.[F][Zn]. The monoisotopic (exact) mass is 185 g/mol. The van der Waals surface area contributed by atoms with Crippen LogP contribution in [0.1, 0.15) is 20.8 Å². The minimum absolute atomic E-state index is 0.125. The third-order valence-electron chi connectivity index (χ3n) is 0.642. The molecule has 0 bridgehead atoms. The van der Waals surface area contributed by atoms with Crippen molar-refractivity contribution in [1.82, 2.24) is 0 Å². The van der Waals surface area contributed by atoms with Gasteiger partial charge in [0, 0.05) is 0 Å². The molecule has 51 valence electrons. The van der Waals surface area contributed by atoms with Gasteiger partial charge in [-0.1, -0.05) is 0 Å². The average molecular weight is 187 g/mol. The number of carboxylic acids is 1. The Morgan fingerprint density at radius 1 is 1.44 bits per heavy atom. The Labute approximate surface area is 64.7 Å². The number of halogens is 1. The van der Waals surface area contributed by atoms with E-state index in [1.807, 2.05) is 0 Å². The fourth-order valence-electron chi connectivity index (χ4n) is 0. The number of aliphatic carboxylic acids is 1. The summed E-state index contributed by atoms with van der Waals surface area (Å²) in [7, 11) is 0. The molecule has 4 heteroatoms. The van der Waals surface area contributed by atoms with E-state index in [9.17, 15) is 8.11 Å². The molecule has 9 heavy (non-hydrogen) atoms. The third kappa shape index (κ3) is 8.02. The predicted octanol–water partition coefficient (Wildman–Crippen LogP) is 1.53. The molecule has 0 aliphatic carbocycles. The second-order valence-electron chi connectivity index (χ2n) is 2.56. The number of rotatable bonds is 0. The zero-order valence-corrected chi connectivity index (χ0v) is 8.91. The van der Waals surface area contributed by atoms with Crippen molar-refractivity contribution >= 4 is 5.97 Å².